The second kappa shape index (κ2) is 8.14. The number of benzene rings is 2. The highest BCUT2D eigenvalue weighted by Crippen LogP contribution is 2.45. The van der Waals surface area contributed by atoms with Crippen LogP contribution in [0.25, 0.3) is 10.9 Å². The van der Waals surface area contributed by atoms with E-state index in [1.54, 1.807) is 24.0 Å². The first kappa shape index (κ1) is 21.4. The Kier molecular flexibility index (Phi) is 5.27. The maximum Gasteiger partial charge on any atom is 0.246 e. The van der Waals surface area contributed by atoms with E-state index < -0.39 is 12.1 Å². The van der Waals surface area contributed by atoms with Crippen LogP contribution >= 0.6 is 0 Å². The SMILES string of the molecule is CC[C@H](C)N1CC(=O)N2[C@H](c3ccc(OC)cc3OC)c3[nH]c4ccccc4c3C[C@H]2C1=O. The zero-order valence-electron chi connectivity index (χ0n) is 19.4. The van der Waals surface area contributed by atoms with Gasteiger partial charge in [-0.25, -0.2) is 0 Å². The Morgan fingerprint density at radius 3 is 2.64 bits per heavy atom. The number of hydrogen-bond acceptors (Lipinski definition) is 4. The third-order valence-corrected chi connectivity index (χ3v) is 7.15. The number of amides is 2. The second-order valence-electron chi connectivity index (χ2n) is 8.82. The van der Waals surface area contributed by atoms with E-state index in [0.29, 0.717) is 17.9 Å². The van der Waals surface area contributed by atoms with Gasteiger partial charge in [0, 0.05) is 40.7 Å². The zero-order valence-corrected chi connectivity index (χ0v) is 19.4. The van der Waals surface area contributed by atoms with Gasteiger partial charge in [-0.2, -0.15) is 0 Å². The van der Waals surface area contributed by atoms with E-state index in [9.17, 15) is 9.59 Å². The number of nitrogens with one attached hydrogen (secondary N) is 1. The lowest BCUT2D eigenvalue weighted by atomic mass is 9.85. The van der Waals surface area contributed by atoms with Gasteiger partial charge in [0.1, 0.15) is 30.1 Å². The van der Waals surface area contributed by atoms with Crippen LogP contribution in [0.3, 0.4) is 0 Å². The smallest absolute Gasteiger partial charge is 0.246 e. The quantitative estimate of drug-likeness (QED) is 0.648. The topological polar surface area (TPSA) is 74.9 Å². The number of nitrogens with zero attached hydrogens (tertiary/aromatic N) is 2. The molecule has 3 atom stereocenters. The average Bonchev–Trinajstić information content (AvgIpc) is 3.22. The Morgan fingerprint density at radius 2 is 1.91 bits per heavy atom. The molecule has 33 heavy (non-hydrogen) atoms. The number of rotatable bonds is 5. The Bertz CT molecular complexity index is 1230. The molecule has 1 aromatic heterocycles. The van der Waals surface area contributed by atoms with Gasteiger partial charge in [0.15, 0.2) is 0 Å². The molecule has 3 aromatic rings. The van der Waals surface area contributed by atoms with Gasteiger partial charge in [-0.05, 0) is 37.1 Å². The molecule has 0 radical (unpaired) electrons. The molecule has 1 fully saturated rings. The van der Waals surface area contributed by atoms with E-state index in [0.717, 1.165) is 34.1 Å². The fourth-order valence-electron chi connectivity index (χ4n) is 5.25. The molecule has 2 amide bonds. The van der Waals surface area contributed by atoms with E-state index in [1.807, 2.05) is 50.2 Å². The molecule has 0 unspecified atom stereocenters. The minimum absolute atomic E-state index is 0.0114. The monoisotopic (exact) mass is 447 g/mol. The van der Waals surface area contributed by atoms with E-state index in [4.69, 9.17) is 9.47 Å². The van der Waals surface area contributed by atoms with Gasteiger partial charge in [-0.1, -0.05) is 25.1 Å². The van der Waals surface area contributed by atoms with E-state index in [1.165, 1.54) is 0 Å². The summed E-state index contributed by atoms with van der Waals surface area (Å²) in [6.45, 7) is 4.14. The minimum Gasteiger partial charge on any atom is -0.497 e. The highest BCUT2D eigenvalue weighted by Gasteiger charge is 2.49. The van der Waals surface area contributed by atoms with Crippen LogP contribution < -0.4 is 9.47 Å². The van der Waals surface area contributed by atoms with E-state index in [-0.39, 0.29) is 24.4 Å². The van der Waals surface area contributed by atoms with Crippen LogP contribution in [-0.4, -0.2) is 59.4 Å². The molecule has 2 aromatic carbocycles. The van der Waals surface area contributed by atoms with Crippen molar-refractivity contribution in [3.63, 3.8) is 0 Å². The summed E-state index contributed by atoms with van der Waals surface area (Å²) in [4.78, 5) is 34.3. The molecule has 0 bridgehead atoms. The van der Waals surface area contributed by atoms with Crippen LogP contribution in [-0.2, 0) is 16.0 Å². The van der Waals surface area contributed by atoms with Gasteiger partial charge in [0.25, 0.3) is 0 Å². The normalized spacial score (nSPS) is 21.1. The van der Waals surface area contributed by atoms with Crippen molar-refractivity contribution in [2.75, 3.05) is 20.8 Å². The highest BCUT2D eigenvalue weighted by molar-refractivity contribution is 5.98. The Morgan fingerprint density at radius 1 is 1.12 bits per heavy atom. The summed E-state index contributed by atoms with van der Waals surface area (Å²) >= 11 is 0. The summed E-state index contributed by atoms with van der Waals surface area (Å²) in [5.74, 6) is 1.25. The lowest BCUT2D eigenvalue weighted by Crippen LogP contribution is -2.64. The number of para-hydroxylation sites is 1. The van der Waals surface area contributed by atoms with Crippen LogP contribution in [0.5, 0.6) is 11.5 Å². The van der Waals surface area contributed by atoms with Crippen molar-refractivity contribution >= 4 is 22.7 Å². The van der Waals surface area contributed by atoms with Gasteiger partial charge in [-0.15, -0.1) is 0 Å². The first-order valence-corrected chi connectivity index (χ1v) is 11.4. The molecule has 1 saturated heterocycles. The number of hydrogen-bond donors (Lipinski definition) is 1. The van der Waals surface area contributed by atoms with Crippen LogP contribution in [0.4, 0.5) is 0 Å². The number of ether oxygens (including phenoxy) is 2. The third-order valence-electron chi connectivity index (χ3n) is 7.15. The number of carbonyl (C=O) groups is 2. The van der Waals surface area contributed by atoms with Crippen LogP contribution in [0, 0.1) is 0 Å². The number of piperazine rings is 1. The van der Waals surface area contributed by atoms with Crippen LogP contribution in [0.1, 0.15) is 43.1 Å². The predicted molar refractivity (Wildman–Crippen MR) is 125 cm³/mol. The summed E-state index contributed by atoms with van der Waals surface area (Å²) in [6, 6.07) is 12.7. The summed E-state index contributed by atoms with van der Waals surface area (Å²) in [6.07, 6.45) is 1.30. The molecule has 2 aliphatic rings. The van der Waals surface area contributed by atoms with Crippen molar-refractivity contribution in [2.24, 2.45) is 0 Å². The first-order valence-electron chi connectivity index (χ1n) is 11.4. The number of H-pyrrole nitrogens is 1. The van der Waals surface area contributed by atoms with Gasteiger partial charge >= 0.3 is 0 Å². The largest absolute Gasteiger partial charge is 0.497 e. The maximum absolute atomic E-state index is 13.7. The summed E-state index contributed by atoms with van der Waals surface area (Å²) in [7, 11) is 3.22. The van der Waals surface area contributed by atoms with Crippen molar-refractivity contribution in [3.8, 4) is 11.5 Å². The minimum atomic E-state index is -0.552. The lowest BCUT2D eigenvalue weighted by molar-refractivity contribution is -0.160. The standard InChI is InChI=1S/C26H29N3O4/c1-5-15(2)28-14-23(30)29-21(26(28)31)13-19-17-8-6-7-9-20(17)27-24(19)25(29)18-11-10-16(32-3)12-22(18)33-4/h6-12,15,21,25,27H,5,13-14H2,1-4H3/t15-,21-,25+/m0/s1. The lowest BCUT2D eigenvalue weighted by Gasteiger charge is -2.48. The summed E-state index contributed by atoms with van der Waals surface area (Å²) < 4.78 is 11.1. The van der Waals surface area contributed by atoms with Crippen molar-refractivity contribution in [1.29, 1.82) is 0 Å². The Hall–Kier alpha value is -3.48. The fraction of sp³-hybridized carbons (Fsp3) is 0.385. The highest BCUT2D eigenvalue weighted by atomic mass is 16.5. The zero-order chi connectivity index (χ0) is 23.3. The molecule has 0 spiro atoms. The predicted octanol–water partition coefficient (Wildman–Crippen LogP) is 3.67. The number of fused-ring (bicyclic) bond motifs is 4. The molecule has 172 valence electrons. The summed E-state index contributed by atoms with van der Waals surface area (Å²) in [5, 5.41) is 1.09. The molecule has 2 aliphatic heterocycles. The molecule has 3 heterocycles. The van der Waals surface area contributed by atoms with Crippen molar-refractivity contribution in [3.05, 3.63) is 59.3 Å². The van der Waals surface area contributed by atoms with Gasteiger partial charge in [0.05, 0.1) is 14.2 Å². The first-order chi connectivity index (χ1) is 16.0. The molecule has 7 heteroatoms. The van der Waals surface area contributed by atoms with Gasteiger partial charge in [-0.3, -0.25) is 9.59 Å². The fourth-order valence-corrected chi connectivity index (χ4v) is 5.25. The van der Waals surface area contributed by atoms with Gasteiger partial charge in [0.2, 0.25) is 11.8 Å². The van der Waals surface area contributed by atoms with Crippen molar-refractivity contribution in [2.45, 2.75) is 44.8 Å². The molecular weight excluding hydrogens is 418 g/mol. The molecular formula is C26H29N3O4. The maximum atomic E-state index is 13.7. The molecule has 7 nitrogen and oxygen atoms in total. The van der Waals surface area contributed by atoms with Crippen LogP contribution in [0.15, 0.2) is 42.5 Å². The number of carbonyl (C=O) groups excluding carboxylic acids is 2. The number of aromatic nitrogens is 1. The molecule has 0 aliphatic carbocycles. The van der Waals surface area contributed by atoms with E-state index in [2.05, 4.69) is 11.1 Å². The molecule has 5 rings (SSSR count). The summed E-state index contributed by atoms with van der Waals surface area (Å²) in [5.41, 5.74) is 3.85. The second-order valence-corrected chi connectivity index (χ2v) is 8.82. The Balaban J connectivity index is 1.72. The third kappa shape index (κ3) is 3.25. The molecule has 1 N–H and O–H groups in total. The van der Waals surface area contributed by atoms with Crippen molar-refractivity contribution in [1.82, 2.24) is 14.8 Å². The van der Waals surface area contributed by atoms with Crippen LogP contribution in [0.2, 0.25) is 0 Å². The van der Waals surface area contributed by atoms with Crippen molar-refractivity contribution < 1.29 is 19.1 Å². The number of aromatic amines is 1. The van der Waals surface area contributed by atoms with Gasteiger partial charge < -0.3 is 24.3 Å². The average molecular weight is 448 g/mol. The Labute approximate surface area is 193 Å². The van der Waals surface area contributed by atoms with E-state index >= 15 is 0 Å². The molecule has 0 saturated carbocycles. The number of methoxy groups -OCH3 is 2.